The number of carbonyl (C=O) groups excluding carboxylic acids is 1. The summed E-state index contributed by atoms with van der Waals surface area (Å²) in [5.41, 5.74) is 3.39. The number of benzene rings is 3. The van der Waals surface area contributed by atoms with E-state index >= 15 is 0 Å². The van der Waals surface area contributed by atoms with E-state index in [1.165, 1.54) is 0 Å². The Bertz CT molecular complexity index is 1440. The van der Waals surface area contributed by atoms with E-state index < -0.39 is 12.0 Å². The number of carbonyl (C=O) groups is 2. The van der Waals surface area contributed by atoms with Crippen LogP contribution >= 0.6 is 23.2 Å². The van der Waals surface area contributed by atoms with E-state index in [0.29, 0.717) is 28.4 Å². The summed E-state index contributed by atoms with van der Waals surface area (Å²) in [6.45, 7) is 2.96. The van der Waals surface area contributed by atoms with Gasteiger partial charge >= 0.3 is 5.97 Å². The number of carboxylic acids is 1. The molecule has 0 spiro atoms. The first-order valence-electron chi connectivity index (χ1n) is 13.6. The molecule has 3 aromatic rings. The molecule has 0 radical (unpaired) electrons. The second kappa shape index (κ2) is 13.4. The summed E-state index contributed by atoms with van der Waals surface area (Å²) in [5, 5.41) is 22.3. The maximum Gasteiger partial charge on any atom is 0.305 e. The molecule has 10 heteroatoms. The first-order valence-corrected chi connectivity index (χ1v) is 14.4. The highest BCUT2D eigenvalue weighted by Gasteiger charge is 2.37. The largest absolute Gasteiger partial charge is 0.481 e. The molecule has 1 saturated carbocycles. The van der Waals surface area contributed by atoms with Crippen molar-refractivity contribution in [3.63, 3.8) is 0 Å². The average molecular weight is 599 g/mol. The summed E-state index contributed by atoms with van der Waals surface area (Å²) in [6.07, 6.45) is 3.15. The lowest BCUT2D eigenvalue weighted by molar-refractivity contribution is -0.384. The minimum Gasteiger partial charge on any atom is -0.481 e. The van der Waals surface area contributed by atoms with Crippen LogP contribution in [0, 0.1) is 16.0 Å². The third-order valence-electron chi connectivity index (χ3n) is 7.33. The minimum atomic E-state index is -1.04. The average Bonchev–Trinajstić information content (AvgIpc) is 3.80. The van der Waals surface area contributed by atoms with Crippen molar-refractivity contribution in [1.82, 2.24) is 4.90 Å². The van der Waals surface area contributed by atoms with Gasteiger partial charge in [-0.25, -0.2) is 0 Å². The number of carboxylic acid groups (broad SMARTS) is 1. The van der Waals surface area contributed by atoms with Crippen LogP contribution in [0.15, 0.2) is 60.7 Å². The topological polar surface area (TPSA) is 104 Å². The second-order valence-electron chi connectivity index (χ2n) is 10.5. The predicted molar refractivity (Wildman–Crippen MR) is 161 cm³/mol. The highest BCUT2D eigenvalue weighted by molar-refractivity contribution is 6.42. The maximum absolute atomic E-state index is 13.5. The SMILES string of the molecule is CCCCN(C)c1ccc(-c2cccc(CN(C(=O)C3CC3)C(CC(=O)O)c3ccc(Cl)c(Cl)c3)c2)cc1[N+](=O)[O-]. The van der Waals surface area contributed by atoms with Crippen LogP contribution in [-0.4, -0.2) is 40.4 Å². The van der Waals surface area contributed by atoms with Crippen LogP contribution in [0.5, 0.6) is 0 Å². The molecule has 216 valence electrons. The van der Waals surface area contributed by atoms with E-state index in [4.69, 9.17) is 23.2 Å². The summed E-state index contributed by atoms with van der Waals surface area (Å²) in [6, 6.07) is 16.8. The molecule has 8 nitrogen and oxygen atoms in total. The molecule has 41 heavy (non-hydrogen) atoms. The number of halogens is 2. The molecule has 1 aliphatic rings. The molecular formula is C31H33Cl2N3O5. The van der Waals surface area contributed by atoms with E-state index in [9.17, 15) is 24.8 Å². The molecule has 0 aliphatic heterocycles. The van der Waals surface area contributed by atoms with Gasteiger partial charge in [0.2, 0.25) is 5.91 Å². The van der Waals surface area contributed by atoms with Gasteiger partial charge in [-0.2, -0.15) is 0 Å². The molecule has 0 saturated heterocycles. The molecule has 1 unspecified atom stereocenters. The quantitative estimate of drug-likeness (QED) is 0.159. The van der Waals surface area contributed by atoms with Gasteiger partial charge in [0.25, 0.3) is 5.69 Å². The standard InChI is InChI=1S/C31H33Cl2N3O5/c1-3-4-14-34(2)27-13-11-23(17-29(27)36(40)41)22-7-5-6-20(15-22)19-35(31(39)21-8-9-21)28(18-30(37)38)24-10-12-25(32)26(33)16-24/h5-7,10-13,15-17,21,28H,3-4,8-9,14,18-19H2,1-2H3,(H,37,38). The second-order valence-corrected chi connectivity index (χ2v) is 11.3. The van der Waals surface area contributed by atoms with Crippen LogP contribution in [0.4, 0.5) is 11.4 Å². The number of rotatable bonds is 13. The van der Waals surface area contributed by atoms with Crippen LogP contribution in [0.1, 0.15) is 56.2 Å². The van der Waals surface area contributed by atoms with E-state index in [1.54, 1.807) is 35.2 Å². The lowest BCUT2D eigenvalue weighted by Crippen LogP contribution is -2.36. The van der Waals surface area contributed by atoms with E-state index in [2.05, 4.69) is 6.92 Å². The Labute approximate surface area is 249 Å². The Morgan fingerprint density at radius 2 is 1.78 bits per heavy atom. The smallest absolute Gasteiger partial charge is 0.305 e. The molecule has 0 bridgehead atoms. The summed E-state index contributed by atoms with van der Waals surface area (Å²) in [4.78, 5) is 40.5. The highest BCUT2D eigenvalue weighted by Crippen LogP contribution is 2.38. The number of amides is 1. The lowest BCUT2D eigenvalue weighted by atomic mass is 9.98. The van der Waals surface area contributed by atoms with Crippen LogP contribution in [0.2, 0.25) is 10.0 Å². The first-order chi connectivity index (χ1) is 19.6. The number of nitrogens with zero attached hydrogens (tertiary/aromatic N) is 3. The van der Waals surface area contributed by atoms with Gasteiger partial charge in [0.15, 0.2) is 0 Å². The summed E-state index contributed by atoms with van der Waals surface area (Å²) in [5.74, 6) is -1.29. The van der Waals surface area contributed by atoms with Gasteiger partial charge in [-0.15, -0.1) is 0 Å². The molecule has 1 amide bonds. The zero-order valence-corrected chi connectivity index (χ0v) is 24.6. The van der Waals surface area contributed by atoms with Crippen molar-refractivity contribution in [2.45, 2.75) is 51.6 Å². The zero-order valence-electron chi connectivity index (χ0n) is 23.1. The van der Waals surface area contributed by atoms with Crippen LogP contribution < -0.4 is 4.90 Å². The Morgan fingerprint density at radius 3 is 2.41 bits per heavy atom. The van der Waals surface area contributed by atoms with Gasteiger partial charge in [-0.05, 0) is 65.8 Å². The first kappa shape index (κ1) is 30.3. The fourth-order valence-electron chi connectivity index (χ4n) is 4.93. The van der Waals surface area contributed by atoms with Crippen LogP contribution in [0.25, 0.3) is 11.1 Å². The fraction of sp³-hybridized carbons (Fsp3) is 0.355. The van der Waals surface area contributed by atoms with E-state index in [1.807, 2.05) is 42.3 Å². The fourth-order valence-corrected chi connectivity index (χ4v) is 5.24. The number of unbranched alkanes of at least 4 members (excludes halogenated alkanes) is 1. The molecule has 0 aromatic heterocycles. The molecule has 0 heterocycles. The number of hydrogen-bond donors (Lipinski definition) is 1. The molecule has 1 aliphatic carbocycles. The third kappa shape index (κ3) is 7.57. The van der Waals surface area contributed by atoms with E-state index in [-0.39, 0.29) is 40.4 Å². The zero-order chi connectivity index (χ0) is 29.7. The number of aliphatic carboxylic acids is 1. The third-order valence-corrected chi connectivity index (χ3v) is 8.06. The summed E-state index contributed by atoms with van der Waals surface area (Å²) >= 11 is 12.4. The maximum atomic E-state index is 13.5. The normalized spacial score (nSPS) is 13.5. The molecule has 3 aromatic carbocycles. The van der Waals surface area contributed by atoms with Gasteiger partial charge in [-0.1, -0.05) is 66.9 Å². The van der Waals surface area contributed by atoms with Gasteiger partial charge in [0.05, 0.1) is 27.4 Å². The van der Waals surface area contributed by atoms with Crippen molar-refractivity contribution >= 4 is 46.5 Å². The van der Waals surface area contributed by atoms with E-state index in [0.717, 1.165) is 36.8 Å². The number of nitro groups is 1. The van der Waals surface area contributed by atoms with Crippen molar-refractivity contribution in [3.8, 4) is 11.1 Å². The minimum absolute atomic E-state index is 0.0261. The number of anilines is 1. The van der Waals surface area contributed by atoms with Crippen LogP contribution in [0.3, 0.4) is 0 Å². The number of hydrogen-bond acceptors (Lipinski definition) is 5. The van der Waals surface area contributed by atoms with Gasteiger partial charge in [-0.3, -0.25) is 19.7 Å². The van der Waals surface area contributed by atoms with Crippen molar-refractivity contribution in [2.24, 2.45) is 5.92 Å². The lowest BCUT2D eigenvalue weighted by Gasteiger charge is -2.32. The van der Waals surface area contributed by atoms with Gasteiger partial charge in [0, 0.05) is 32.1 Å². The number of nitro benzene ring substituents is 1. The molecular weight excluding hydrogens is 565 g/mol. The van der Waals surface area contributed by atoms with Crippen molar-refractivity contribution in [2.75, 3.05) is 18.5 Å². The predicted octanol–water partition coefficient (Wildman–Crippen LogP) is 7.76. The molecule has 1 N–H and O–H groups in total. The molecule has 1 fully saturated rings. The Hall–Kier alpha value is -3.62. The van der Waals surface area contributed by atoms with Crippen molar-refractivity contribution < 1.29 is 19.6 Å². The Kier molecular flexibility index (Phi) is 9.89. The molecule has 4 rings (SSSR count). The monoisotopic (exact) mass is 597 g/mol. The summed E-state index contributed by atoms with van der Waals surface area (Å²) < 4.78 is 0. The highest BCUT2D eigenvalue weighted by atomic mass is 35.5. The van der Waals surface area contributed by atoms with Gasteiger partial charge < -0.3 is 14.9 Å². The Balaban J connectivity index is 1.68. The van der Waals surface area contributed by atoms with Gasteiger partial charge in [0.1, 0.15) is 5.69 Å². The molecule has 1 atom stereocenters. The van der Waals surface area contributed by atoms with Crippen LogP contribution in [-0.2, 0) is 16.1 Å². The summed E-state index contributed by atoms with van der Waals surface area (Å²) in [7, 11) is 1.85. The Morgan fingerprint density at radius 1 is 1.05 bits per heavy atom. The van der Waals surface area contributed by atoms with Crippen molar-refractivity contribution in [1.29, 1.82) is 0 Å². The van der Waals surface area contributed by atoms with Crippen molar-refractivity contribution in [3.05, 3.63) is 92.0 Å².